The highest BCUT2D eigenvalue weighted by Gasteiger charge is 2.32. The molecule has 0 aliphatic carbocycles. The normalized spacial score (nSPS) is 18.3. The van der Waals surface area contributed by atoms with Gasteiger partial charge in [0.15, 0.2) is 0 Å². The van der Waals surface area contributed by atoms with Gasteiger partial charge in [-0.1, -0.05) is 11.6 Å². The number of nitrogens with zero attached hydrogens (tertiary/aromatic N) is 3. The fraction of sp³-hybridized carbons (Fsp3) is 0.538. The maximum atomic E-state index is 12.9. The third kappa shape index (κ3) is 7.74. The summed E-state index contributed by atoms with van der Waals surface area (Å²) in [6, 6.07) is 10.9. The maximum absolute atomic E-state index is 12.9. The fourth-order valence-corrected chi connectivity index (χ4v) is 5.00. The van der Waals surface area contributed by atoms with Crippen LogP contribution in [0.3, 0.4) is 0 Å². The Labute approximate surface area is 215 Å². The molecular formula is C26H33ClF3N5O. The van der Waals surface area contributed by atoms with Gasteiger partial charge in [-0.15, -0.1) is 0 Å². The standard InChI is InChI=1S/C26H33ClF3N5O/c27-19-3-5-20(6-4-19)32-21-8-14-34(15-9-21)13-1-2-25(36)35-16-10-22(11-17-35)33-23-7-12-31-24(18-23)26(28,29)30/h3-7,12,18,21-22,32H,1-2,8-11,13-17H2,(H,31,33). The third-order valence-corrected chi connectivity index (χ3v) is 7.19. The van der Waals surface area contributed by atoms with E-state index in [9.17, 15) is 18.0 Å². The molecule has 2 aromatic rings. The van der Waals surface area contributed by atoms with Crippen molar-refractivity contribution in [2.75, 3.05) is 43.4 Å². The molecule has 0 bridgehead atoms. The lowest BCUT2D eigenvalue weighted by Gasteiger charge is -2.34. The molecule has 3 heterocycles. The molecule has 0 unspecified atom stereocenters. The van der Waals surface area contributed by atoms with Crippen LogP contribution in [0.25, 0.3) is 0 Å². The Morgan fingerprint density at radius 3 is 2.19 bits per heavy atom. The SMILES string of the molecule is O=C(CCCN1CCC(Nc2ccc(Cl)cc2)CC1)N1CCC(Nc2ccnc(C(F)(F)F)c2)CC1. The molecular weight excluding hydrogens is 491 g/mol. The molecule has 6 nitrogen and oxygen atoms in total. The molecule has 0 radical (unpaired) electrons. The first-order valence-electron chi connectivity index (χ1n) is 12.6. The number of carbonyl (C=O) groups excluding carboxylic acids is 1. The summed E-state index contributed by atoms with van der Waals surface area (Å²) in [5.41, 5.74) is 0.602. The van der Waals surface area contributed by atoms with Crippen LogP contribution in [-0.2, 0) is 11.0 Å². The Morgan fingerprint density at radius 1 is 0.944 bits per heavy atom. The Hall–Kier alpha value is -2.52. The van der Waals surface area contributed by atoms with Gasteiger partial charge in [0, 0.05) is 67.3 Å². The van der Waals surface area contributed by atoms with E-state index in [1.165, 1.54) is 6.20 Å². The number of aromatic nitrogens is 1. The van der Waals surface area contributed by atoms with Gasteiger partial charge < -0.3 is 20.4 Å². The van der Waals surface area contributed by atoms with E-state index in [4.69, 9.17) is 11.6 Å². The number of carbonyl (C=O) groups is 1. The summed E-state index contributed by atoms with van der Waals surface area (Å²) in [6.07, 6.45) is 1.63. The van der Waals surface area contributed by atoms with E-state index in [2.05, 4.69) is 20.5 Å². The van der Waals surface area contributed by atoms with Crippen LogP contribution in [0.2, 0.25) is 5.02 Å². The summed E-state index contributed by atoms with van der Waals surface area (Å²) in [4.78, 5) is 20.4. The number of likely N-dealkylation sites (tertiary alicyclic amines) is 2. The van der Waals surface area contributed by atoms with Crippen molar-refractivity contribution in [2.45, 2.75) is 56.8 Å². The Balaban J connectivity index is 1.11. The third-order valence-electron chi connectivity index (χ3n) is 6.94. The van der Waals surface area contributed by atoms with Crippen LogP contribution < -0.4 is 10.6 Å². The number of halogens is 4. The van der Waals surface area contributed by atoms with Gasteiger partial charge in [-0.05, 0) is 75.0 Å². The van der Waals surface area contributed by atoms with Crippen LogP contribution in [-0.4, -0.2) is 65.5 Å². The van der Waals surface area contributed by atoms with Gasteiger partial charge in [0.05, 0.1) is 0 Å². The summed E-state index contributed by atoms with van der Waals surface area (Å²) in [6.45, 7) is 4.19. The average Bonchev–Trinajstić information content (AvgIpc) is 2.86. The Morgan fingerprint density at radius 2 is 1.56 bits per heavy atom. The lowest BCUT2D eigenvalue weighted by Crippen LogP contribution is -2.43. The highest BCUT2D eigenvalue weighted by molar-refractivity contribution is 6.30. The molecule has 2 saturated heterocycles. The fourth-order valence-electron chi connectivity index (χ4n) is 4.88. The van der Waals surface area contributed by atoms with Gasteiger partial charge in [-0.25, -0.2) is 0 Å². The number of anilines is 2. The zero-order chi connectivity index (χ0) is 25.5. The Bertz CT molecular complexity index is 988. The second kappa shape index (κ2) is 12.1. The number of hydrogen-bond donors (Lipinski definition) is 2. The molecule has 1 aromatic carbocycles. The molecule has 10 heteroatoms. The number of rotatable bonds is 8. The summed E-state index contributed by atoms with van der Waals surface area (Å²) in [5.74, 6) is 0.163. The van der Waals surface area contributed by atoms with Crippen molar-refractivity contribution in [3.8, 4) is 0 Å². The maximum Gasteiger partial charge on any atom is 0.433 e. The van der Waals surface area contributed by atoms with E-state index in [-0.39, 0.29) is 11.9 Å². The lowest BCUT2D eigenvalue weighted by molar-refractivity contribution is -0.141. The van der Waals surface area contributed by atoms with Gasteiger partial charge in [0.25, 0.3) is 0 Å². The van der Waals surface area contributed by atoms with E-state index >= 15 is 0 Å². The highest BCUT2D eigenvalue weighted by Crippen LogP contribution is 2.29. The van der Waals surface area contributed by atoms with Crippen LogP contribution in [0.1, 0.15) is 44.2 Å². The predicted octanol–water partition coefficient (Wildman–Crippen LogP) is 5.51. The molecule has 36 heavy (non-hydrogen) atoms. The number of piperidine rings is 2. The molecule has 2 N–H and O–H groups in total. The van der Waals surface area contributed by atoms with E-state index in [0.717, 1.165) is 55.7 Å². The molecule has 4 rings (SSSR count). The zero-order valence-electron chi connectivity index (χ0n) is 20.2. The summed E-state index contributed by atoms with van der Waals surface area (Å²) < 4.78 is 38.6. The van der Waals surface area contributed by atoms with Gasteiger partial charge in [0.1, 0.15) is 5.69 Å². The summed E-state index contributed by atoms with van der Waals surface area (Å²) >= 11 is 5.95. The molecule has 2 fully saturated rings. The second-order valence-electron chi connectivity index (χ2n) is 9.60. The molecule has 0 saturated carbocycles. The summed E-state index contributed by atoms with van der Waals surface area (Å²) in [5, 5.41) is 7.47. The van der Waals surface area contributed by atoms with E-state index < -0.39 is 11.9 Å². The smallest absolute Gasteiger partial charge is 0.382 e. The number of alkyl halides is 3. The number of benzene rings is 1. The zero-order valence-corrected chi connectivity index (χ0v) is 21.0. The first kappa shape index (κ1) is 26.5. The van der Waals surface area contributed by atoms with Crippen molar-refractivity contribution in [2.24, 2.45) is 0 Å². The van der Waals surface area contributed by atoms with Gasteiger partial charge in [-0.3, -0.25) is 9.78 Å². The minimum absolute atomic E-state index is 0.0420. The molecule has 1 aromatic heterocycles. The van der Waals surface area contributed by atoms with Gasteiger partial charge in [-0.2, -0.15) is 13.2 Å². The van der Waals surface area contributed by atoms with Crippen molar-refractivity contribution in [3.63, 3.8) is 0 Å². The number of amides is 1. The quantitative estimate of drug-likeness (QED) is 0.477. The van der Waals surface area contributed by atoms with Crippen molar-refractivity contribution in [1.29, 1.82) is 0 Å². The van der Waals surface area contributed by atoms with Crippen molar-refractivity contribution >= 4 is 28.9 Å². The van der Waals surface area contributed by atoms with E-state index in [1.807, 2.05) is 29.2 Å². The first-order valence-corrected chi connectivity index (χ1v) is 13.0. The summed E-state index contributed by atoms with van der Waals surface area (Å²) in [7, 11) is 0. The van der Waals surface area contributed by atoms with Crippen LogP contribution in [0.4, 0.5) is 24.5 Å². The average molecular weight is 524 g/mol. The lowest BCUT2D eigenvalue weighted by atomic mass is 10.0. The molecule has 1 amide bonds. The Kier molecular flexibility index (Phi) is 8.95. The number of pyridine rings is 1. The van der Waals surface area contributed by atoms with Crippen LogP contribution in [0.15, 0.2) is 42.6 Å². The van der Waals surface area contributed by atoms with Gasteiger partial charge >= 0.3 is 6.18 Å². The molecule has 0 spiro atoms. The molecule has 0 atom stereocenters. The van der Waals surface area contributed by atoms with Gasteiger partial charge in [0.2, 0.25) is 5.91 Å². The minimum Gasteiger partial charge on any atom is -0.382 e. The van der Waals surface area contributed by atoms with Crippen molar-refractivity contribution < 1.29 is 18.0 Å². The van der Waals surface area contributed by atoms with Crippen molar-refractivity contribution in [1.82, 2.24) is 14.8 Å². The number of hydrogen-bond acceptors (Lipinski definition) is 5. The highest BCUT2D eigenvalue weighted by atomic mass is 35.5. The first-order chi connectivity index (χ1) is 17.3. The number of nitrogens with one attached hydrogen (secondary N) is 2. The van der Waals surface area contributed by atoms with Crippen LogP contribution >= 0.6 is 11.6 Å². The molecule has 196 valence electrons. The van der Waals surface area contributed by atoms with Crippen LogP contribution in [0.5, 0.6) is 0 Å². The van der Waals surface area contributed by atoms with Crippen molar-refractivity contribution in [3.05, 3.63) is 53.3 Å². The van der Waals surface area contributed by atoms with E-state index in [1.54, 1.807) is 6.07 Å². The molecule has 2 aliphatic rings. The monoisotopic (exact) mass is 523 g/mol. The minimum atomic E-state index is -4.46. The predicted molar refractivity (Wildman–Crippen MR) is 136 cm³/mol. The van der Waals surface area contributed by atoms with E-state index in [0.29, 0.717) is 44.1 Å². The van der Waals surface area contributed by atoms with Crippen LogP contribution in [0, 0.1) is 0 Å². The topological polar surface area (TPSA) is 60.5 Å². The second-order valence-corrected chi connectivity index (χ2v) is 10.0. The largest absolute Gasteiger partial charge is 0.433 e. The molecule has 2 aliphatic heterocycles.